The number of rotatable bonds is 5. The number of hydrogen-bond donors (Lipinski definition) is 2. The molecule has 118 valence electrons. The maximum absolute atomic E-state index is 5.98. The van der Waals surface area contributed by atoms with Gasteiger partial charge in [0.25, 0.3) is 0 Å². The Morgan fingerprint density at radius 1 is 1.29 bits per heavy atom. The van der Waals surface area contributed by atoms with E-state index < -0.39 is 0 Å². The van der Waals surface area contributed by atoms with Crippen molar-refractivity contribution in [1.82, 2.24) is 10.3 Å². The lowest BCUT2D eigenvalue weighted by Gasteiger charge is -2.49. The molecule has 1 saturated carbocycles. The molecule has 0 bridgehead atoms. The van der Waals surface area contributed by atoms with Gasteiger partial charge in [0.2, 0.25) is 0 Å². The molecule has 0 amide bonds. The lowest BCUT2D eigenvalue weighted by molar-refractivity contribution is 0.0434. The largest absolute Gasteiger partial charge is 0.302 e. The fraction of sp³-hybridized carbons (Fsp3) is 0.667. The predicted octanol–water partition coefficient (Wildman–Crippen LogP) is 2.88. The molecule has 1 atom stereocenters. The first-order valence-electron chi connectivity index (χ1n) is 8.17. The van der Waals surface area contributed by atoms with Crippen LogP contribution in [0.1, 0.15) is 43.7 Å². The third-order valence-corrected chi connectivity index (χ3v) is 5.57. The van der Waals surface area contributed by atoms with Crippen molar-refractivity contribution in [2.24, 2.45) is 11.8 Å². The Bertz CT molecular complexity index is 448. The maximum atomic E-state index is 5.98. The van der Waals surface area contributed by atoms with Crippen LogP contribution in [0.4, 0.5) is 0 Å². The Kier molecular flexibility index (Phi) is 5.42. The van der Waals surface area contributed by atoms with Gasteiger partial charge in [0, 0.05) is 11.6 Å². The first kappa shape index (κ1) is 16.5. The smallest absolute Gasteiger partial charge is 0.0434 e. The number of hydrogen-bond acceptors (Lipinski definition) is 3. The number of aryl methyl sites for hydroxylation is 1. The van der Waals surface area contributed by atoms with E-state index in [1.165, 1.54) is 36.8 Å². The lowest BCUT2D eigenvalue weighted by atomic mass is 9.70. The van der Waals surface area contributed by atoms with Crippen LogP contribution in [0.3, 0.4) is 0 Å². The Morgan fingerprint density at radius 2 is 1.90 bits per heavy atom. The summed E-state index contributed by atoms with van der Waals surface area (Å²) in [6.07, 6.45) is 6.04. The fourth-order valence-electron chi connectivity index (χ4n) is 3.83. The molecule has 1 aliphatic carbocycles. The minimum absolute atomic E-state index is 0.170. The number of nitrogens with one attached hydrogen (secondary N) is 1. The summed E-state index contributed by atoms with van der Waals surface area (Å²) >= 11 is 0. The molecule has 0 aromatic heterocycles. The summed E-state index contributed by atoms with van der Waals surface area (Å²) in [5.74, 6) is 6.83. The summed E-state index contributed by atoms with van der Waals surface area (Å²) < 4.78 is 0. The first-order chi connectivity index (χ1) is 9.99. The van der Waals surface area contributed by atoms with Crippen molar-refractivity contribution >= 4 is 0 Å². The molecule has 1 aromatic carbocycles. The standard InChI is InChI=1S/C18H31N3/c1-14-9-11-18(12-10-14,21(3)4)17(20-19)13-16-8-6-5-7-15(16)2/h5-8,14,17,20H,9-13,19H2,1-4H3. The van der Waals surface area contributed by atoms with Gasteiger partial charge in [0.1, 0.15) is 0 Å². The average molecular weight is 289 g/mol. The number of benzene rings is 1. The maximum Gasteiger partial charge on any atom is 0.0434 e. The summed E-state index contributed by atoms with van der Waals surface area (Å²) in [6.45, 7) is 4.56. The normalized spacial score (nSPS) is 27.8. The van der Waals surface area contributed by atoms with Gasteiger partial charge in [0.05, 0.1) is 0 Å². The van der Waals surface area contributed by atoms with Crippen LogP contribution in [0.25, 0.3) is 0 Å². The molecule has 3 heteroatoms. The molecule has 1 aliphatic rings. The van der Waals surface area contributed by atoms with E-state index in [0.717, 1.165) is 12.3 Å². The van der Waals surface area contributed by atoms with Crippen LogP contribution in [0.2, 0.25) is 0 Å². The fourth-order valence-corrected chi connectivity index (χ4v) is 3.83. The molecule has 1 fully saturated rings. The number of nitrogens with two attached hydrogens (primary N) is 1. The first-order valence-corrected chi connectivity index (χ1v) is 8.17. The van der Waals surface area contributed by atoms with Crippen molar-refractivity contribution < 1.29 is 0 Å². The van der Waals surface area contributed by atoms with Gasteiger partial charge in [-0.05, 0) is 70.2 Å². The van der Waals surface area contributed by atoms with E-state index in [1.54, 1.807) is 0 Å². The average Bonchev–Trinajstić information content (AvgIpc) is 2.47. The number of hydrazine groups is 1. The molecule has 3 nitrogen and oxygen atoms in total. The molecule has 1 aromatic rings. The summed E-state index contributed by atoms with van der Waals surface area (Å²) in [4.78, 5) is 2.40. The molecule has 0 radical (unpaired) electrons. The molecule has 21 heavy (non-hydrogen) atoms. The monoisotopic (exact) mass is 289 g/mol. The minimum atomic E-state index is 0.170. The van der Waals surface area contributed by atoms with Gasteiger partial charge in [-0.1, -0.05) is 31.2 Å². The highest BCUT2D eigenvalue weighted by Gasteiger charge is 2.42. The number of nitrogens with zero attached hydrogens (tertiary/aromatic N) is 1. The van der Waals surface area contributed by atoms with Gasteiger partial charge in [-0.15, -0.1) is 0 Å². The van der Waals surface area contributed by atoms with Crippen molar-refractivity contribution in [2.75, 3.05) is 14.1 Å². The zero-order chi connectivity index (χ0) is 15.5. The van der Waals surface area contributed by atoms with E-state index in [1.807, 2.05) is 0 Å². The van der Waals surface area contributed by atoms with E-state index in [2.05, 4.69) is 62.5 Å². The van der Waals surface area contributed by atoms with E-state index in [9.17, 15) is 0 Å². The zero-order valence-electron chi connectivity index (χ0n) is 14.0. The van der Waals surface area contributed by atoms with Gasteiger partial charge in [-0.3, -0.25) is 11.3 Å². The molecule has 0 aliphatic heterocycles. The van der Waals surface area contributed by atoms with Gasteiger partial charge < -0.3 is 4.90 Å². The van der Waals surface area contributed by atoms with Crippen LogP contribution in [0, 0.1) is 12.8 Å². The predicted molar refractivity (Wildman–Crippen MR) is 90.0 cm³/mol. The van der Waals surface area contributed by atoms with Crippen LogP contribution >= 0.6 is 0 Å². The number of likely N-dealkylation sites (N-methyl/N-ethyl adjacent to an activating group) is 1. The summed E-state index contributed by atoms with van der Waals surface area (Å²) in [5, 5.41) is 0. The van der Waals surface area contributed by atoms with Gasteiger partial charge >= 0.3 is 0 Å². The molecule has 1 unspecified atom stereocenters. The van der Waals surface area contributed by atoms with Crippen LogP contribution in [0.5, 0.6) is 0 Å². The lowest BCUT2D eigenvalue weighted by Crippen LogP contribution is -2.62. The topological polar surface area (TPSA) is 41.3 Å². The van der Waals surface area contributed by atoms with Gasteiger partial charge in [-0.2, -0.15) is 0 Å². The quantitative estimate of drug-likeness (QED) is 0.647. The minimum Gasteiger partial charge on any atom is -0.302 e. The Balaban J connectivity index is 2.23. The van der Waals surface area contributed by atoms with E-state index >= 15 is 0 Å². The second-order valence-electron chi connectivity index (χ2n) is 7.03. The molecular formula is C18H31N3. The zero-order valence-corrected chi connectivity index (χ0v) is 14.0. The highest BCUT2D eigenvalue weighted by atomic mass is 15.3. The van der Waals surface area contributed by atoms with E-state index in [4.69, 9.17) is 5.84 Å². The van der Waals surface area contributed by atoms with Crippen LogP contribution in [-0.2, 0) is 6.42 Å². The Morgan fingerprint density at radius 3 is 2.43 bits per heavy atom. The van der Waals surface area contributed by atoms with Crippen molar-refractivity contribution in [3.05, 3.63) is 35.4 Å². The van der Waals surface area contributed by atoms with E-state index in [0.29, 0.717) is 6.04 Å². The van der Waals surface area contributed by atoms with Gasteiger partial charge in [0.15, 0.2) is 0 Å². The molecule has 3 N–H and O–H groups in total. The summed E-state index contributed by atoms with van der Waals surface area (Å²) in [7, 11) is 4.41. The van der Waals surface area contributed by atoms with Gasteiger partial charge in [-0.25, -0.2) is 0 Å². The molecular weight excluding hydrogens is 258 g/mol. The second kappa shape index (κ2) is 6.91. The molecule has 0 spiro atoms. The second-order valence-corrected chi connectivity index (χ2v) is 7.03. The van der Waals surface area contributed by atoms with Crippen LogP contribution < -0.4 is 11.3 Å². The van der Waals surface area contributed by atoms with E-state index in [-0.39, 0.29) is 5.54 Å². The summed E-state index contributed by atoms with van der Waals surface area (Å²) in [5.41, 5.74) is 6.07. The van der Waals surface area contributed by atoms with Crippen LogP contribution in [-0.4, -0.2) is 30.6 Å². The Hall–Kier alpha value is -0.900. The van der Waals surface area contributed by atoms with Crippen molar-refractivity contribution in [3.8, 4) is 0 Å². The van der Waals surface area contributed by atoms with Crippen molar-refractivity contribution in [1.29, 1.82) is 0 Å². The van der Waals surface area contributed by atoms with Crippen molar-refractivity contribution in [3.63, 3.8) is 0 Å². The molecule has 0 heterocycles. The molecule has 2 rings (SSSR count). The van der Waals surface area contributed by atoms with Crippen LogP contribution in [0.15, 0.2) is 24.3 Å². The third-order valence-electron chi connectivity index (χ3n) is 5.57. The highest BCUT2D eigenvalue weighted by molar-refractivity contribution is 5.27. The summed E-state index contributed by atoms with van der Waals surface area (Å²) in [6, 6.07) is 8.94. The Labute approximate surface area is 129 Å². The molecule has 0 saturated heterocycles. The highest BCUT2D eigenvalue weighted by Crippen LogP contribution is 2.38. The SMILES string of the molecule is Cc1ccccc1CC(NN)C1(N(C)C)CCC(C)CC1. The van der Waals surface area contributed by atoms with Crippen molar-refractivity contribution in [2.45, 2.75) is 57.5 Å². The third kappa shape index (κ3) is 3.47.